The van der Waals surface area contributed by atoms with Crippen molar-refractivity contribution in [2.45, 2.75) is 58.0 Å². The predicted molar refractivity (Wildman–Crippen MR) is 81.0 cm³/mol. The number of nitrogens with one attached hydrogen (secondary N) is 1. The van der Waals surface area contributed by atoms with Gasteiger partial charge in [0.1, 0.15) is 17.1 Å². The van der Waals surface area contributed by atoms with Crippen LogP contribution in [0.1, 0.15) is 47.7 Å². The normalized spacial score (nSPS) is 21.7. The first-order chi connectivity index (χ1) is 10.00. The number of thiazole rings is 1. The number of aryl methyl sites for hydroxylation is 2. The second-order valence-electron chi connectivity index (χ2n) is 6.10. The lowest BCUT2D eigenvalue weighted by molar-refractivity contribution is -0.152. The van der Waals surface area contributed by atoms with Crippen LogP contribution in [0.15, 0.2) is 0 Å². The zero-order valence-electron chi connectivity index (χ0n) is 12.6. The molecule has 0 aromatic carbocycles. The third-order valence-electron chi connectivity index (χ3n) is 4.52. The van der Waals surface area contributed by atoms with Gasteiger partial charge in [0.15, 0.2) is 0 Å². The third kappa shape index (κ3) is 2.69. The van der Waals surface area contributed by atoms with E-state index in [1.54, 1.807) is 16.2 Å². The van der Waals surface area contributed by atoms with E-state index in [4.69, 9.17) is 0 Å². The molecule has 5 nitrogen and oxygen atoms in total. The van der Waals surface area contributed by atoms with Crippen molar-refractivity contribution < 1.29 is 9.59 Å². The zero-order valence-corrected chi connectivity index (χ0v) is 13.4. The summed E-state index contributed by atoms with van der Waals surface area (Å²) in [5.41, 5.74) is 0.367. The Balaban J connectivity index is 1.80. The molecule has 0 radical (unpaired) electrons. The van der Waals surface area contributed by atoms with Crippen LogP contribution in [0.5, 0.6) is 0 Å². The van der Waals surface area contributed by atoms with Crippen LogP contribution in [0, 0.1) is 13.8 Å². The maximum absolute atomic E-state index is 12.8. The molecule has 0 atom stereocenters. The van der Waals surface area contributed by atoms with Crippen LogP contribution in [0.25, 0.3) is 0 Å². The van der Waals surface area contributed by atoms with E-state index < -0.39 is 5.54 Å². The molecule has 1 saturated carbocycles. The van der Waals surface area contributed by atoms with E-state index >= 15 is 0 Å². The van der Waals surface area contributed by atoms with Gasteiger partial charge in [0, 0.05) is 4.88 Å². The van der Waals surface area contributed by atoms with Crippen molar-refractivity contribution in [2.24, 2.45) is 0 Å². The molecule has 1 aromatic rings. The SMILES string of the molecule is Cc1nc(CN2CC(=O)NC3(CCCCC3)C2=O)sc1C. The van der Waals surface area contributed by atoms with E-state index in [1.165, 1.54) is 4.88 Å². The lowest BCUT2D eigenvalue weighted by Gasteiger charge is -2.43. The molecule has 1 saturated heterocycles. The number of nitrogens with zero attached hydrogens (tertiary/aromatic N) is 2. The molecule has 1 aromatic heterocycles. The number of aromatic nitrogens is 1. The fourth-order valence-corrected chi connectivity index (χ4v) is 4.25. The van der Waals surface area contributed by atoms with Crippen LogP contribution in [-0.4, -0.2) is 33.8 Å². The Morgan fingerprint density at radius 3 is 2.57 bits per heavy atom. The van der Waals surface area contributed by atoms with Crippen molar-refractivity contribution in [1.29, 1.82) is 0 Å². The van der Waals surface area contributed by atoms with Crippen molar-refractivity contribution >= 4 is 23.2 Å². The Morgan fingerprint density at radius 2 is 1.95 bits per heavy atom. The summed E-state index contributed by atoms with van der Waals surface area (Å²) in [6.07, 6.45) is 4.70. The molecule has 1 aliphatic carbocycles. The minimum absolute atomic E-state index is 0.0403. The van der Waals surface area contributed by atoms with Crippen LogP contribution in [0.3, 0.4) is 0 Å². The maximum Gasteiger partial charge on any atom is 0.249 e. The molecule has 1 N–H and O–H groups in total. The lowest BCUT2D eigenvalue weighted by Crippen LogP contribution is -2.66. The standard InChI is InChI=1S/C15H21N3O2S/c1-10-11(2)21-13(16-10)9-18-8-12(19)17-15(14(18)20)6-4-3-5-7-15/h3-9H2,1-2H3,(H,17,19). The van der Waals surface area contributed by atoms with Crippen LogP contribution in [-0.2, 0) is 16.1 Å². The molecule has 1 aliphatic heterocycles. The average molecular weight is 307 g/mol. The molecule has 3 rings (SSSR count). The Morgan fingerprint density at radius 1 is 1.24 bits per heavy atom. The van der Waals surface area contributed by atoms with Gasteiger partial charge in [-0.3, -0.25) is 9.59 Å². The highest BCUT2D eigenvalue weighted by molar-refractivity contribution is 7.11. The molecule has 2 aliphatic rings. The number of carbonyl (C=O) groups excluding carboxylic acids is 2. The molecule has 21 heavy (non-hydrogen) atoms. The molecule has 6 heteroatoms. The maximum atomic E-state index is 12.8. The fraction of sp³-hybridized carbons (Fsp3) is 0.667. The quantitative estimate of drug-likeness (QED) is 0.908. The monoisotopic (exact) mass is 307 g/mol. The molecule has 0 unspecified atom stereocenters. The first-order valence-electron chi connectivity index (χ1n) is 7.53. The first-order valence-corrected chi connectivity index (χ1v) is 8.35. The van der Waals surface area contributed by atoms with E-state index in [0.29, 0.717) is 6.54 Å². The van der Waals surface area contributed by atoms with Gasteiger partial charge in [-0.25, -0.2) is 4.98 Å². The summed E-state index contributed by atoms with van der Waals surface area (Å²) >= 11 is 1.61. The highest BCUT2D eigenvalue weighted by Crippen LogP contribution is 2.32. The van der Waals surface area contributed by atoms with E-state index in [1.807, 2.05) is 13.8 Å². The minimum atomic E-state index is -0.644. The van der Waals surface area contributed by atoms with Gasteiger partial charge in [0.2, 0.25) is 11.8 Å². The first kappa shape index (κ1) is 14.5. The number of carbonyl (C=O) groups is 2. The van der Waals surface area contributed by atoms with E-state index in [0.717, 1.165) is 42.8 Å². The van der Waals surface area contributed by atoms with Gasteiger partial charge in [0.05, 0.1) is 12.2 Å². The summed E-state index contributed by atoms with van der Waals surface area (Å²) < 4.78 is 0. The highest BCUT2D eigenvalue weighted by atomic mass is 32.1. The molecular formula is C15H21N3O2S. The van der Waals surface area contributed by atoms with Crippen molar-refractivity contribution in [3.8, 4) is 0 Å². The summed E-state index contributed by atoms with van der Waals surface area (Å²) in [6, 6.07) is 0. The van der Waals surface area contributed by atoms with Gasteiger partial charge < -0.3 is 10.2 Å². The Hall–Kier alpha value is -1.43. The molecule has 114 valence electrons. The van der Waals surface area contributed by atoms with Crippen LogP contribution < -0.4 is 5.32 Å². The number of hydrogen-bond acceptors (Lipinski definition) is 4. The van der Waals surface area contributed by atoms with Crippen LogP contribution in [0.4, 0.5) is 0 Å². The minimum Gasteiger partial charge on any atom is -0.340 e. The van der Waals surface area contributed by atoms with Gasteiger partial charge in [-0.15, -0.1) is 11.3 Å². The van der Waals surface area contributed by atoms with Gasteiger partial charge in [-0.2, -0.15) is 0 Å². The molecule has 0 bridgehead atoms. The van der Waals surface area contributed by atoms with Gasteiger partial charge in [-0.1, -0.05) is 19.3 Å². The summed E-state index contributed by atoms with van der Waals surface area (Å²) in [7, 11) is 0. The smallest absolute Gasteiger partial charge is 0.249 e. The second kappa shape index (κ2) is 5.40. The Kier molecular flexibility index (Phi) is 3.73. The molecule has 2 amide bonds. The van der Waals surface area contributed by atoms with Gasteiger partial charge >= 0.3 is 0 Å². The van der Waals surface area contributed by atoms with Crippen molar-refractivity contribution in [3.05, 3.63) is 15.6 Å². The van der Waals surface area contributed by atoms with E-state index in [-0.39, 0.29) is 18.4 Å². The lowest BCUT2D eigenvalue weighted by atomic mass is 9.79. The molecule has 2 fully saturated rings. The zero-order chi connectivity index (χ0) is 15.0. The van der Waals surface area contributed by atoms with Crippen molar-refractivity contribution in [2.75, 3.05) is 6.54 Å². The van der Waals surface area contributed by atoms with E-state index in [2.05, 4.69) is 10.3 Å². The number of rotatable bonds is 2. The number of hydrogen-bond donors (Lipinski definition) is 1. The van der Waals surface area contributed by atoms with Crippen molar-refractivity contribution in [3.63, 3.8) is 0 Å². The predicted octanol–water partition coefficient (Wildman–Crippen LogP) is 1.92. The molecular weight excluding hydrogens is 286 g/mol. The summed E-state index contributed by atoms with van der Waals surface area (Å²) in [5, 5.41) is 3.88. The summed E-state index contributed by atoms with van der Waals surface area (Å²) in [6.45, 7) is 4.61. The van der Waals surface area contributed by atoms with Crippen LogP contribution in [0.2, 0.25) is 0 Å². The van der Waals surface area contributed by atoms with Crippen molar-refractivity contribution in [1.82, 2.24) is 15.2 Å². The third-order valence-corrected chi connectivity index (χ3v) is 5.57. The highest BCUT2D eigenvalue weighted by Gasteiger charge is 2.47. The van der Waals surface area contributed by atoms with Gasteiger partial charge in [-0.05, 0) is 26.7 Å². The summed E-state index contributed by atoms with van der Waals surface area (Å²) in [5.74, 6) is 0.0359. The van der Waals surface area contributed by atoms with Gasteiger partial charge in [0.25, 0.3) is 0 Å². The average Bonchev–Trinajstić information content (AvgIpc) is 2.75. The Bertz CT molecular complexity index is 556. The van der Waals surface area contributed by atoms with Crippen LogP contribution >= 0.6 is 11.3 Å². The fourth-order valence-electron chi connectivity index (χ4n) is 3.30. The van der Waals surface area contributed by atoms with E-state index in [9.17, 15) is 9.59 Å². The second-order valence-corrected chi connectivity index (χ2v) is 7.39. The number of amides is 2. The molecule has 1 spiro atoms. The largest absolute Gasteiger partial charge is 0.340 e. The topological polar surface area (TPSA) is 62.3 Å². The molecule has 2 heterocycles. The number of piperazine rings is 1. The summed E-state index contributed by atoms with van der Waals surface area (Å²) in [4.78, 5) is 32.2. The Labute approximate surface area is 128 Å².